The Morgan fingerprint density at radius 3 is 2.55 bits per heavy atom. The van der Waals surface area contributed by atoms with E-state index in [2.05, 4.69) is 20.3 Å². The number of benzene rings is 1. The van der Waals surface area contributed by atoms with Gasteiger partial charge in [0.1, 0.15) is 21.8 Å². The van der Waals surface area contributed by atoms with Crippen LogP contribution in [0.3, 0.4) is 0 Å². The number of rotatable bonds is 3. The summed E-state index contributed by atoms with van der Waals surface area (Å²) in [5.41, 5.74) is 2.75. The third-order valence-electron chi connectivity index (χ3n) is 2.59. The van der Waals surface area contributed by atoms with Gasteiger partial charge in [-0.2, -0.15) is 11.3 Å². The molecular formula is C15H16BrNOS2. The second kappa shape index (κ2) is 6.43. The van der Waals surface area contributed by atoms with Gasteiger partial charge in [-0.15, -0.1) is 0 Å². The first-order valence-electron chi connectivity index (χ1n) is 6.17. The molecule has 1 aromatic carbocycles. The maximum absolute atomic E-state index is 12.3. The van der Waals surface area contributed by atoms with Crippen molar-refractivity contribution in [2.24, 2.45) is 4.40 Å². The quantitative estimate of drug-likeness (QED) is 0.564. The second-order valence-corrected chi connectivity index (χ2v) is 8.93. The molecule has 2 rings (SSSR count). The smallest absolute Gasteiger partial charge is 0.144 e. The highest BCUT2D eigenvalue weighted by molar-refractivity contribution is 9.10. The molecule has 0 aliphatic rings. The minimum absolute atomic E-state index is 0.368. The van der Waals surface area contributed by atoms with E-state index in [1.54, 1.807) is 11.3 Å². The van der Waals surface area contributed by atoms with E-state index in [1.165, 1.54) is 0 Å². The Labute approximate surface area is 135 Å². The van der Waals surface area contributed by atoms with Crippen molar-refractivity contribution in [3.63, 3.8) is 0 Å². The van der Waals surface area contributed by atoms with Gasteiger partial charge in [-0.1, -0.05) is 32.5 Å². The maximum Gasteiger partial charge on any atom is 0.144 e. The Bertz CT molecular complexity index is 603. The van der Waals surface area contributed by atoms with Crippen molar-refractivity contribution in [3.8, 4) is 0 Å². The number of thiophene rings is 1. The fourth-order valence-electron chi connectivity index (χ4n) is 1.53. The lowest BCUT2D eigenvalue weighted by Crippen LogP contribution is -2.27. The summed E-state index contributed by atoms with van der Waals surface area (Å²) in [5, 5.41) is 4.03. The molecule has 1 heterocycles. The highest BCUT2D eigenvalue weighted by Crippen LogP contribution is 2.23. The van der Waals surface area contributed by atoms with Crippen LogP contribution in [0.15, 0.2) is 50.0 Å². The van der Waals surface area contributed by atoms with Crippen LogP contribution in [0, 0.1) is 0 Å². The summed E-state index contributed by atoms with van der Waals surface area (Å²) in [5.74, 6) is 0. The average Bonchev–Trinajstić information content (AvgIpc) is 2.88. The average molecular weight is 370 g/mol. The fourth-order valence-corrected chi connectivity index (χ4v) is 3.22. The van der Waals surface area contributed by atoms with Crippen molar-refractivity contribution in [2.75, 3.05) is 0 Å². The molecule has 1 atom stereocenters. The molecule has 0 radical (unpaired) electrons. The van der Waals surface area contributed by atoms with Gasteiger partial charge in [0, 0.05) is 21.0 Å². The van der Waals surface area contributed by atoms with E-state index >= 15 is 0 Å². The summed E-state index contributed by atoms with van der Waals surface area (Å²) in [6, 6.07) is 9.92. The SMILES string of the molecule is CC(C)(C)[S+]([O-])/N=C(/c1ccsc1)c1cccc(Br)c1. The van der Waals surface area contributed by atoms with Gasteiger partial charge in [-0.3, -0.25) is 0 Å². The topological polar surface area (TPSA) is 35.4 Å². The van der Waals surface area contributed by atoms with Gasteiger partial charge in [-0.25, -0.2) is 0 Å². The first kappa shape index (κ1) is 15.8. The van der Waals surface area contributed by atoms with E-state index in [4.69, 9.17) is 0 Å². The zero-order valence-electron chi connectivity index (χ0n) is 11.6. The molecule has 0 aliphatic heterocycles. The van der Waals surface area contributed by atoms with Crippen LogP contribution < -0.4 is 0 Å². The summed E-state index contributed by atoms with van der Waals surface area (Å²) in [6.45, 7) is 5.79. The molecule has 0 bridgehead atoms. The predicted molar refractivity (Wildman–Crippen MR) is 92.0 cm³/mol. The van der Waals surface area contributed by atoms with E-state index in [9.17, 15) is 4.55 Å². The van der Waals surface area contributed by atoms with Crippen LogP contribution >= 0.6 is 27.3 Å². The van der Waals surface area contributed by atoms with Crippen LogP contribution in [-0.4, -0.2) is 15.0 Å². The Morgan fingerprint density at radius 1 is 1.25 bits per heavy atom. The van der Waals surface area contributed by atoms with Crippen molar-refractivity contribution in [3.05, 3.63) is 56.7 Å². The molecule has 0 aliphatic carbocycles. The van der Waals surface area contributed by atoms with Crippen molar-refractivity contribution in [1.82, 2.24) is 0 Å². The van der Waals surface area contributed by atoms with E-state index in [0.29, 0.717) is 0 Å². The van der Waals surface area contributed by atoms with E-state index in [1.807, 2.05) is 61.9 Å². The molecule has 1 aromatic heterocycles. The van der Waals surface area contributed by atoms with Crippen LogP contribution in [0.5, 0.6) is 0 Å². The zero-order valence-corrected chi connectivity index (χ0v) is 14.8. The third kappa shape index (κ3) is 3.95. The summed E-state index contributed by atoms with van der Waals surface area (Å²) in [7, 11) is 0. The van der Waals surface area contributed by atoms with Gasteiger partial charge in [0.05, 0.1) is 0 Å². The predicted octanol–water partition coefficient (Wildman–Crippen LogP) is 4.81. The molecule has 2 aromatic rings. The number of hydrogen-bond donors (Lipinski definition) is 0. The van der Waals surface area contributed by atoms with Crippen molar-refractivity contribution in [1.29, 1.82) is 0 Å². The van der Waals surface area contributed by atoms with E-state index in [-0.39, 0.29) is 4.75 Å². The minimum atomic E-state index is -1.28. The van der Waals surface area contributed by atoms with Crippen molar-refractivity contribution < 1.29 is 4.55 Å². The van der Waals surface area contributed by atoms with Gasteiger partial charge in [0.15, 0.2) is 0 Å². The summed E-state index contributed by atoms with van der Waals surface area (Å²) in [6.07, 6.45) is 0. The zero-order chi connectivity index (χ0) is 14.8. The molecule has 0 spiro atoms. The number of nitrogens with zero attached hydrogens (tertiary/aromatic N) is 1. The second-order valence-electron chi connectivity index (χ2n) is 5.32. The van der Waals surface area contributed by atoms with Crippen LogP contribution in [0.1, 0.15) is 31.9 Å². The fraction of sp³-hybridized carbons (Fsp3) is 0.267. The maximum atomic E-state index is 12.3. The van der Waals surface area contributed by atoms with Gasteiger partial charge in [0.2, 0.25) is 0 Å². The highest BCUT2D eigenvalue weighted by atomic mass is 79.9. The summed E-state index contributed by atoms with van der Waals surface area (Å²) >= 11 is 3.80. The van der Waals surface area contributed by atoms with E-state index < -0.39 is 11.4 Å². The highest BCUT2D eigenvalue weighted by Gasteiger charge is 2.28. The molecule has 0 saturated heterocycles. The molecule has 2 nitrogen and oxygen atoms in total. The Hall–Kier alpha value is -0.620. The first-order chi connectivity index (χ1) is 9.38. The molecule has 20 heavy (non-hydrogen) atoms. The first-order valence-corrected chi connectivity index (χ1v) is 9.01. The number of halogens is 1. The lowest BCUT2D eigenvalue weighted by molar-refractivity contribution is 0.561. The Balaban J connectivity index is 2.49. The normalized spacial score (nSPS) is 14.3. The summed E-state index contributed by atoms with van der Waals surface area (Å²) in [4.78, 5) is 0. The molecular weight excluding hydrogens is 354 g/mol. The monoisotopic (exact) mass is 369 g/mol. The van der Waals surface area contributed by atoms with Gasteiger partial charge in [0.25, 0.3) is 0 Å². The molecule has 0 N–H and O–H groups in total. The molecule has 0 fully saturated rings. The summed E-state index contributed by atoms with van der Waals surface area (Å²) < 4.78 is 17.4. The molecule has 1 unspecified atom stereocenters. The lowest BCUT2D eigenvalue weighted by Gasteiger charge is -2.19. The lowest BCUT2D eigenvalue weighted by atomic mass is 10.1. The molecule has 0 amide bonds. The largest absolute Gasteiger partial charge is 0.591 e. The van der Waals surface area contributed by atoms with E-state index in [0.717, 1.165) is 21.3 Å². The van der Waals surface area contributed by atoms with Crippen molar-refractivity contribution >= 4 is 44.3 Å². The van der Waals surface area contributed by atoms with Crippen LogP contribution in [-0.2, 0) is 11.4 Å². The molecule has 0 saturated carbocycles. The Morgan fingerprint density at radius 2 is 2.00 bits per heavy atom. The number of hydrogen-bond acceptors (Lipinski definition) is 3. The van der Waals surface area contributed by atoms with Crippen molar-refractivity contribution in [2.45, 2.75) is 25.5 Å². The molecule has 106 valence electrons. The standard InChI is InChI=1S/C15H16BrNOS2/c1-15(2,3)20(18)17-14(12-7-8-19-10-12)11-5-4-6-13(16)9-11/h4-10H,1-3H3/b17-14+. The van der Waals surface area contributed by atoms with Crippen LogP contribution in [0.2, 0.25) is 0 Å². The van der Waals surface area contributed by atoms with Gasteiger partial charge >= 0.3 is 0 Å². The van der Waals surface area contributed by atoms with Crippen LogP contribution in [0.4, 0.5) is 0 Å². The Kier molecular flexibility index (Phi) is 5.07. The van der Waals surface area contributed by atoms with Crippen LogP contribution in [0.25, 0.3) is 0 Å². The van der Waals surface area contributed by atoms with Gasteiger partial charge < -0.3 is 4.55 Å². The minimum Gasteiger partial charge on any atom is -0.591 e. The van der Waals surface area contributed by atoms with Gasteiger partial charge in [-0.05, 0) is 44.4 Å². The third-order valence-corrected chi connectivity index (χ3v) is 5.16. The molecule has 5 heteroatoms.